The van der Waals surface area contributed by atoms with Gasteiger partial charge in [0.2, 0.25) is 0 Å². The summed E-state index contributed by atoms with van der Waals surface area (Å²) in [5.41, 5.74) is 1.34. The Labute approximate surface area is 126 Å². The van der Waals surface area contributed by atoms with E-state index < -0.39 is 0 Å². The van der Waals surface area contributed by atoms with E-state index in [9.17, 15) is 0 Å². The predicted molar refractivity (Wildman–Crippen MR) is 92.5 cm³/mol. The molecular formula is C18H34N2. The molecule has 0 aliphatic heterocycles. The number of allylic oxidation sites excluding steroid dienone is 3. The summed E-state index contributed by atoms with van der Waals surface area (Å²) in [4.78, 5) is 6.93. The molecule has 0 unspecified atom stereocenters. The Hall–Kier alpha value is -1.05. The van der Waals surface area contributed by atoms with Gasteiger partial charge in [0.1, 0.15) is 0 Å². The quantitative estimate of drug-likeness (QED) is 0.321. The molecule has 0 rings (SSSR count). The van der Waals surface area contributed by atoms with Crippen LogP contribution in [0, 0.1) is 0 Å². The standard InChI is InChI=1S/C18H34N2/c1-7-10-11-13-17(16-19-18(4,5)6)14-12-15-20(8-2)9-3/h12,14-16H,7-11,13H2,1-6H3/b15-12+,17-14+,19-16?. The van der Waals surface area contributed by atoms with Gasteiger partial charge in [0.15, 0.2) is 0 Å². The Morgan fingerprint density at radius 2 is 1.70 bits per heavy atom. The maximum Gasteiger partial charge on any atom is 0.0524 e. The third-order valence-corrected chi connectivity index (χ3v) is 3.11. The number of hydrogen-bond acceptors (Lipinski definition) is 2. The maximum absolute atomic E-state index is 4.63. The van der Waals surface area contributed by atoms with Crippen LogP contribution in [-0.2, 0) is 0 Å². The second-order valence-electron chi connectivity index (χ2n) is 6.19. The Morgan fingerprint density at radius 3 is 2.20 bits per heavy atom. The highest BCUT2D eigenvalue weighted by molar-refractivity contribution is 5.79. The molecule has 0 heterocycles. The second-order valence-corrected chi connectivity index (χ2v) is 6.19. The van der Waals surface area contributed by atoms with E-state index in [-0.39, 0.29) is 5.54 Å². The lowest BCUT2D eigenvalue weighted by Gasteiger charge is -2.14. The van der Waals surface area contributed by atoms with Crippen molar-refractivity contribution in [3.05, 3.63) is 23.9 Å². The Morgan fingerprint density at radius 1 is 1.05 bits per heavy atom. The first-order valence-electron chi connectivity index (χ1n) is 8.09. The van der Waals surface area contributed by atoms with Crippen LogP contribution in [0.2, 0.25) is 0 Å². The summed E-state index contributed by atoms with van der Waals surface area (Å²) in [5.74, 6) is 0. The van der Waals surface area contributed by atoms with Crippen LogP contribution in [0.5, 0.6) is 0 Å². The summed E-state index contributed by atoms with van der Waals surface area (Å²) in [5, 5.41) is 0. The minimum Gasteiger partial charge on any atom is -0.378 e. The van der Waals surface area contributed by atoms with E-state index in [2.05, 4.69) is 76.0 Å². The van der Waals surface area contributed by atoms with Crippen molar-refractivity contribution in [1.29, 1.82) is 0 Å². The fourth-order valence-corrected chi connectivity index (χ4v) is 1.77. The van der Waals surface area contributed by atoms with Crippen molar-refractivity contribution in [3.8, 4) is 0 Å². The number of hydrogen-bond donors (Lipinski definition) is 0. The van der Waals surface area contributed by atoms with E-state index in [1.807, 2.05) is 0 Å². The molecule has 0 bridgehead atoms. The van der Waals surface area contributed by atoms with Crippen molar-refractivity contribution in [2.24, 2.45) is 4.99 Å². The van der Waals surface area contributed by atoms with Gasteiger partial charge >= 0.3 is 0 Å². The molecule has 2 heteroatoms. The number of rotatable bonds is 9. The largest absolute Gasteiger partial charge is 0.378 e. The van der Waals surface area contributed by atoms with Crippen LogP contribution in [0.15, 0.2) is 28.9 Å². The summed E-state index contributed by atoms with van der Waals surface area (Å²) in [6, 6.07) is 0. The topological polar surface area (TPSA) is 15.6 Å². The Kier molecular flexibility index (Phi) is 10.1. The van der Waals surface area contributed by atoms with Gasteiger partial charge in [-0.15, -0.1) is 0 Å². The lowest BCUT2D eigenvalue weighted by atomic mass is 10.1. The van der Waals surface area contributed by atoms with Crippen molar-refractivity contribution >= 4 is 6.21 Å². The van der Waals surface area contributed by atoms with Gasteiger partial charge in [0, 0.05) is 19.3 Å². The zero-order chi connectivity index (χ0) is 15.4. The number of nitrogens with zero attached hydrogens (tertiary/aromatic N) is 2. The van der Waals surface area contributed by atoms with Gasteiger partial charge in [-0.1, -0.05) is 25.8 Å². The Balaban J connectivity index is 4.69. The zero-order valence-corrected chi connectivity index (χ0v) is 14.4. The van der Waals surface area contributed by atoms with Crippen molar-refractivity contribution in [3.63, 3.8) is 0 Å². The van der Waals surface area contributed by atoms with Crippen molar-refractivity contribution < 1.29 is 0 Å². The Bertz CT molecular complexity index is 315. The van der Waals surface area contributed by atoms with Crippen molar-refractivity contribution in [2.75, 3.05) is 13.1 Å². The lowest BCUT2D eigenvalue weighted by Crippen LogP contribution is -2.14. The first-order chi connectivity index (χ1) is 9.42. The molecule has 0 aromatic heterocycles. The molecule has 0 aliphatic carbocycles. The van der Waals surface area contributed by atoms with E-state index in [1.165, 1.54) is 24.8 Å². The van der Waals surface area contributed by atoms with Gasteiger partial charge < -0.3 is 4.90 Å². The normalized spacial score (nSPS) is 13.6. The lowest BCUT2D eigenvalue weighted by molar-refractivity contribution is 0.419. The van der Waals surface area contributed by atoms with Crippen molar-refractivity contribution in [2.45, 2.75) is 72.8 Å². The third kappa shape index (κ3) is 10.8. The van der Waals surface area contributed by atoms with Gasteiger partial charge in [0.05, 0.1) is 5.54 Å². The first-order valence-corrected chi connectivity index (χ1v) is 8.09. The minimum atomic E-state index is 0.00638. The molecule has 0 aliphatic rings. The van der Waals surface area contributed by atoms with E-state index in [0.29, 0.717) is 0 Å². The van der Waals surface area contributed by atoms with Gasteiger partial charge in [0.25, 0.3) is 0 Å². The molecule has 0 fully saturated rings. The molecule has 0 aromatic rings. The third-order valence-electron chi connectivity index (χ3n) is 3.11. The average Bonchev–Trinajstić information content (AvgIpc) is 2.39. The fourth-order valence-electron chi connectivity index (χ4n) is 1.77. The molecule has 0 N–H and O–H groups in total. The van der Waals surface area contributed by atoms with Gasteiger partial charge in [-0.25, -0.2) is 0 Å². The molecule has 116 valence electrons. The number of aliphatic imine (C=N–C) groups is 1. The highest BCUT2D eigenvalue weighted by atomic mass is 15.1. The van der Waals surface area contributed by atoms with E-state index in [0.717, 1.165) is 19.5 Å². The number of unbranched alkanes of at least 4 members (excludes halogenated alkanes) is 2. The van der Waals surface area contributed by atoms with Gasteiger partial charge in [-0.3, -0.25) is 4.99 Å². The summed E-state index contributed by atoms with van der Waals surface area (Å²) in [6.07, 6.45) is 13.5. The van der Waals surface area contributed by atoms with Gasteiger partial charge in [-0.05, 0) is 65.3 Å². The predicted octanol–water partition coefficient (Wildman–Crippen LogP) is 5.22. The molecule has 0 atom stereocenters. The maximum atomic E-state index is 4.63. The van der Waals surface area contributed by atoms with Crippen LogP contribution in [-0.4, -0.2) is 29.7 Å². The SMILES string of the molecule is CCCCC/C(C=NC(C)(C)C)=C\C=C\N(CC)CC. The smallest absolute Gasteiger partial charge is 0.0524 e. The summed E-state index contributed by atoms with van der Waals surface area (Å²) >= 11 is 0. The van der Waals surface area contributed by atoms with E-state index in [4.69, 9.17) is 0 Å². The molecule has 0 saturated heterocycles. The van der Waals surface area contributed by atoms with Crippen LogP contribution in [0.4, 0.5) is 0 Å². The molecule has 0 radical (unpaired) electrons. The average molecular weight is 278 g/mol. The highest BCUT2D eigenvalue weighted by Crippen LogP contribution is 2.11. The minimum absolute atomic E-state index is 0.00638. The summed E-state index contributed by atoms with van der Waals surface area (Å²) < 4.78 is 0. The molecule has 20 heavy (non-hydrogen) atoms. The van der Waals surface area contributed by atoms with Crippen LogP contribution in [0.25, 0.3) is 0 Å². The van der Waals surface area contributed by atoms with Crippen molar-refractivity contribution in [1.82, 2.24) is 4.90 Å². The zero-order valence-electron chi connectivity index (χ0n) is 14.4. The van der Waals surface area contributed by atoms with Crippen LogP contribution < -0.4 is 0 Å². The second kappa shape index (κ2) is 10.7. The molecule has 0 amide bonds. The summed E-state index contributed by atoms with van der Waals surface area (Å²) in [6.45, 7) is 15.1. The van der Waals surface area contributed by atoms with Crippen LogP contribution in [0.1, 0.15) is 67.2 Å². The fraction of sp³-hybridized carbons (Fsp3) is 0.722. The summed E-state index contributed by atoms with van der Waals surface area (Å²) in [7, 11) is 0. The first kappa shape index (κ1) is 18.9. The monoisotopic (exact) mass is 278 g/mol. The molecule has 0 spiro atoms. The van der Waals surface area contributed by atoms with E-state index in [1.54, 1.807) is 0 Å². The van der Waals surface area contributed by atoms with Gasteiger partial charge in [-0.2, -0.15) is 0 Å². The van der Waals surface area contributed by atoms with Crippen LogP contribution in [0.3, 0.4) is 0 Å². The highest BCUT2D eigenvalue weighted by Gasteiger charge is 2.05. The molecular weight excluding hydrogens is 244 g/mol. The molecule has 2 nitrogen and oxygen atoms in total. The molecule has 0 saturated carbocycles. The molecule has 0 aromatic carbocycles. The van der Waals surface area contributed by atoms with Crippen LogP contribution >= 0.6 is 0 Å². The van der Waals surface area contributed by atoms with E-state index >= 15 is 0 Å².